The van der Waals surface area contributed by atoms with E-state index < -0.39 is 9.84 Å². The molecule has 0 bridgehead atoms. The van der Waals surface area contributed by atoms with Crippen molar-refractivity contribution >= 4 is 43.7 Å². The molecule has 8 heteroatoms. The van der Waals surface area contributed by atoms with E-state index in [4.69, 9.17) is 11.6 Å². The van der Waals surface area contributed by atoms with Gasteiger partial charge in [0.2, 0.25) is 9.84 Å². The molecular formula is C25H21ClFN3O2S. The maximum absolute atomic E-state index is 13.6. The maximum atomic E-state index is 13.6. The van der Waals surface area contributed by atoms with Crippen LogP contribution in [0.2, 0.25) is 5.02 Å². The lowest BCUT2D eigenvalue weighted by atomic mass is 10.1. The van der Waals surface area contributed by atoms with Gasteiger partial charge in [-0.1, -0.05) is 29.8 Å². The predicted molar refractivity (Wildman–Crippen MR) is 129 cm³/mol. The van der Waals surface area contributed by atoms with Gasteiger partial charge in [-0.15, -0.1) is 0 Å². The van der Waals surface area contributed by atoms with Gasteiger partial charge in [0, 0.05) is 48.5 Å². The second-order valence-corrected chi connectivity index (χ2v) is 10.3. The Bertz CT molecular complexity index is 1400. The van der Waals surface area contributed by atoms with Crippen LogP contribution in [0.4, 0.5) is 15.8 Å². The third-order valence-corrected chi connectivity index (χ3v) is 7.94. The van der Waals surface area contributed by atoms with E-state index in [0.29, 0.717) is 36.9 Å². The molecule has 1 aliphatic rings. The monoisotopic (exact) mass is 481 g/mol. The summed E-state index contributed by atoms with van der Waals surface area (Å²) in [7, 11) is -3.82. The summed E-state index contributed by atoms with van der Waals surface area (Å²) in [6, 6.07) is 20.2. The van der Waals surface area contributed by atoms with Crippen molar-refractivity contribution in [1.82, 2.24) is 4.98 Å². The number of hydrogen-bond acceptors (Lipinski definition) is 5. The zero-order valence-electron chi connectivity index (χ0n) is 17.7. The minimum Gasteiger partial charge on any atom is -0.368 e. The first-order valence-electron chi connectivity index (χ1n) is 10.6. The molecule has 0 aliphatic carbocycles. The molecule has 1 saturated heterocycles. The lowest BCUT2D eigenvalue weighted by Crippen LogP contribution is -2.47. The fraction of sp³-hybridized carbons (Fsp3) is 0.160. The zero-order chi connectivity index (χ0) is 23.0. The third kappa shape index (κ3) is 4.14. The van der Waals surface area contributed by atoms with Gasteiger partial charge in [0.05, 0.1) is 16.1 Å². The van der Waals surface area contributed by atoms with Gasteiger partial charge in [-0.05, 0) is 54.6 Å². The Morgan fingerprint density at radius 1 is 0.818 bits per heavy atom. The molecule has 33 heavy (non-hydrogen) atoms. The van der Waals surface area contributed by atoms with Crippen LogP contribution in [0.25, 0.3) is 10.9 Å². The zero-order valence-corrected chi connectivity index (χ0v) is 19.2. The van der Waals surface area contributed by atoms with Crippen molar-refractivity contribution in [1.29, 1.82) is 0 Å². The van der Waals surface area contributed by atoms with E-state index in [1.165, 1.54) is 30.5 Å². The molecule has 0 radical (unpaired) electrons. The number of piperazine rings is 1. The van der Waals surface area contributed by atoms with Gasteiger partial charge in [-0.2, -0.15) is 0 Å². The molecule has 168 valence electrons. The minimum absolute atomic E-state index is 0.176. The highest BCUT2D eigenvalue weighted by Crippen LogP contribution is 2.36. The molecule has 0 atom stereocenters. The number of benzene rings is 3. The lowest BCUT2D eigenvalue weighted by Gasteiger charge is -2.38. The summed E-state index contributed by atoms with van der Waals surface area (Å²) in [5.74, 6) is -0.266. The van der Waals surface area contributed by atoms with Crippen molar-refractivity contribution in [2.45, 2.75) is 9.79 Å². The topological polar surface area (TPSA) is 53.5 Å². The second kappa shape index (κ2) is 8.65. The largest absolute Gasteiger partial charge is 0.368 e. The van der Waals surface area contributed by atoms with Crippen molar-refractivity contribution in [3.8, 4) is 0 Å². The van der Waals surface area contributed by atoms with Gasteiger partial charge in [0.1, 0.15) is 10.7 Å². The first kappa shape index (κ1) is 21.7. The summed E-state index contributed by atoms with van der Waals surface area (Å²) in [5, 5.41) is 1.27. The Morgan fingerprint density at radius 3 is 2.15 bits per heavy atom. The summed E-state index contributed by atoms with van der Waals surface area (Å²) in [6.45, 7) is 2.61. The van der Waals surface area contributed by atoms with Crippen molar-refractivity contribution < 1.29 is 12.8 Å². The summed E-state index contributed by atoms with van der Waals surface area (Å²) >= 11 is 5.97. The van der Waals surface area contributed by atoms with Crippen molar-refractivity contribution in [3.63, 3.8) is 0 Å². The molecule has 1 fully saturated rings. The van der Waals surface area contributed by atoms with Crippen molar-refractivity contribution in [3.05, 3.63) is 89.8 Å². The highest BCUT2D eigenvalue weighted by atomic mass is 35.5. The molecule has 0 spiro atoms. The Morgan fingerprint density at radius 2 is 1.45 bits per heavy atom. The van der Waals surface area contributed by atoms with E-state index in [9.17, 15) is 12.8 Å². The number of halogens is 2. The number of hydrogen-bond donors (Lipinski definition) is 0. The number of fused-ring (bicyclic) bond motifs is 1. The molecule has 0 N–H and O–H groups in total. The Hall–Kier alpha value is -3.16. The molecule has 0 unspecified atom stereocenters. The first-order valence-corrected chi connectivity index (χ1v) is 12.4. The number of rotatable bonds is 4. The van der Waals surface area contributed by atoms with Crippen molar-refractivity contribution in [2.75, 3.05) is 36.0 Å². The van der Waals surface area contributed by atoms with Crippen LogP contribution >= 0.6 is 11.6 Å². The van der Waals surface area contributed by atoms with E-state index in [2.05, 4.69) is 14.8 Å². The minimum atomic E-state index is -3.82. The lowest BCUT2D eigenvalue weighted by molar-refractivity contribution is 0.594. The second-order valence-electron chi connectivity index (χ2n) is 7.90. The molecule has 2 heterocycles. The summed E-state index contributed by atoms with van der Waals surface area (Å²) < 4.78 is 40.5. The number of aromatic nitrogens is 1. The van der Waals surface area contributed by atoms with Gasteiger partial charge in [-0.3, -0.25) is 4.98 Å². The standard InChI is InChI=1S/C25H21ClFN3O2S/c26-18-5-11-21(12-6-18)33(31,32)24-17-28-23-4-2-1-3-22(23)25(24)30-15-13-29(14-16-30)20-9-7-19(27)8-10-20/h1-12,17H,13-16H2. The molecule has 4 aromatic rings. The van der Waals surface area contributed by atoms with E-state index >= 15 is 0 Å². The third-order valence-electron chi connectivity index (χ3n) is 5.91. The quantitative estimate of drug-likeness (QED) is 0.401. The Balaban J connectivity index is 1.55. The Kier molecular flexibility index (Phi) is 5.68. The van der Waals surface area contributed by atoms with E-state index in [1.807, 2.05) is 24.3 Å². The Labute approximate surface area is 197 Å². The predicted octanol–water partition coefficient (Wildman–Crippen LogP) is 5.19. The molecule has 5 rings (SSSR count). The average molecular weight is 482 g/mol. The molecule has 0 saturated carbocycles. The number of para-hydroxylation sites is 1. The first-order chi connectivity index (χ1) is 15.9. The van der Waals surface area contributed by atoms with E-state index in [0.717, 1.165) is 16.6 Å². The van der Waals surface area contributed by atoms with Crippen LogP contribution in [0.1, 0.15) is 0 Å². The summed E-state index contributed by atoms with van der Waals surface area (Å²) in [4.78, 5) is 9.07. The smallest absolute Gasteiger partial charge is 0.210 e. The molecular weight excluding hydrogens is 461 g/mol. The maximum Gasteiger partial charge on any atom is 0.210 e. The van der Waals surface area contributed by atoms with E-state index in [1.54, 1.807) is 24.3 Å². The van der Waals surface area contributed by atoms with Crippen LogP contribution in [0, 0.1) is 5.82 Å². The van der Waals surface area contributed by atoms with Gasteiger partial charge in [0.25, 0.3) is 0 Å². The highest BCUT2D eigenvalue weighted by Gasteiger charge is 2.28. The number of sulfone groups is 1. The average Bonchev–Trinajstić information content (AvgIpc) is 2.84. The number of anilines is 2. The fourth-order valence-electron chi connectivity index (χ4n) is 4.21. The van der Waals surface area contributed by atoms with Crippen LogP contribution in [0.15, 0.2) is 88.8 Å². The molecule has 5 nitrogen and oxygen atoms in total. The van der Waals surface area contributed by atoms with Gasteiger partial charge >= 0.3 is 0 Å². The van der Waals surface area contributed by atoms with Gasteiger partial charge in [-0.25, -0.2) is 12.8 Å². The normalized spacial score (nSPS) is 14.6. The van der Waals surface area contributed by atoms with Crippen LogP contribution in [0.5, 0.6) is 0 Å². The molecule has 3 aromatic carbocycles. The van der Waals surface area contributed by atoms with E-state index in [-0.39, 0.29) is 15.6 Å². The molecule has 0 amide bonds. The van der Waals surface area contributed by atoms with Gasteiger partial charge < -0.3 is 9.80 Å². The van der Waals surface area contributed by atoms with Gasteiger partial charge in [0.15, 0.2) is 0 Å². The number of pyridine rings is 1. The SMILES string of the molecule is O=S(=O)(c1ccc(Cl)cc1)c1cnc2ccccc2c1N1CCN(c2ccc(F)cc2)CC1. The summed E-state index contributed by atoms with van der Waals surface area (Å²) in [6.07, 6.45) is 1.45. The van der Waals surface area contributed by atoms with Crippen molar-refractivity contribution in [2.24, 2.45) is 0 Å². The highest BCUT2D eigenvalue weighted by molar-refractivity contribution is 7.91. The van der Waals surface area contributed by atoms with Crippen LogP contribution in [-0.2, 0) is 9.84 Å². The molecule has 1 aliphatic heterocycles. The van der Waals surface area contributed by atoms with Crippen LogP contribution in [0.3, 0.4) is 0 Å². The van der Waals surface area contributed by atoms with Crippen LogP contribution < -0.4 is 9.80 Å². The summed E-state index contributed by atoms with van der Waals surface area (Å²) in [5.41, 5.74) is 2.35. The van der Waals surface area contributed by atoms with Crippen LogP contribution in [-0.4, -0.2) is 39.6 Å². The fourth-order valence-corrected chi connectivity index (χ4v) is 5.77. The number of nitrogens with zero attached hydrogens (tertiary/aromatic N) is 3. The molecule has 1 aromatic heterocycles.